The number of nitriles is 1. The molecule has 2 aliphatic carbocycles. The van der Waals surface area contributed by atoms with E-state index in [1.165, 1.54) is 0 Å². The first-order valence-corrected chi connectivity index (χ1v) is 10.3. The van der Waals surface area contributed by atoms with Gasteiger partial charge in [-0.05, 0) is 64.0 Å². The minimum absolute atomic E-state index is 0.0527. The molecule has 3 heterocycles. The van der Waals surface area contributed by atoms with E-state index in [1.807, 2.05) is 19.9 Å². The highest BCUT2D eigenvalue weighted by atomic mass is 16.1. The lowest BCUT2D eigenvalue weighted by atomic mass is 9.77. The van der Waals surface area contributed by atoms with Gasteiger partial charge in [0.05, 0.1) is 17.0 Å². The molecular weight excluding hydrogens is 350 g/mol. The molecule has 2 aromatic rings. The molecule has 1 N–H and O–H groups in total. The van der Waals surface area contributed by atoms with Gasteiger partial charge in [0.2, 0.25) is 0 Å². The van der Waals surface area contributed by atoms with Crippen LogP contribution in [-0.2, 0) is 11.8 Å². The van der Waals surface area contributed by atoms with E-state index in [9.17, 15) is 10.1 Å². The Balaban J connectivity index is 1.53. The number of aryl methyl sites for hydroxylation is 2. The number of pyridine rings is 1. The Morgan fingerprint density at radius 1 is 1.29 bits per heavy atom. The van der Waals surface area contributed by atoms with Gasteiger partial charge in [-0.1, -0.05) is 0 Å². The van der Waals surface area contributed by atoms with Gasteiger partial charge in [-0.25, -0.2) is 9.97 Å². The van der Waals surface area contributed by atoms with Gasteiger partial charge in [0, 0.05) is 30.0 Å². The van der Waals surface area contributed by atoms with Crippen molar-refractivity contribution in [2.24, 2.45) is 0 Å². The zero-order valence-corrected chi connectivity index (χ0v) is 16.5. The molecule has 2 fully saturated rings. The number of piperidine rings is 1. The van der Waals surface area contributed by atoms with Crippen LogP contribution in [0.3, 0.4) is 0 Å². The third-order valence-electron chi connectivity index (χ3n) is 6.75. The number of hydrogen-bond donors (Lipinski definition) is 1. The van der Waals surface area contributed by atoms with Gasteiger partial charge in [-0.3, -0.25) is 4.79 Å². The number of rotatable bonds is 2. The molecule has 0 aromatic carbocycles. The summed E-state index contributed by atoms with van der Waals surface area (Å²) in [4.78, 5) is 27.7. The van der Waals surface area contributed by atoms with Crippen LogP contribution in [0.2, 0.25) is 0 Å². The lowest BCUT2D eigenvalue weighted by Gasteiger charge is -2.41. The zero-order chi connectivity index (χ0) is 19.5. The molecule has 1 atom stereocenters. The highest BCUT2D eigenvalue weighted by Gasteiger charge is 2.45. The lowest BCUT2D eigenvalue weighted by Crippen LogP contribution is -2.46. The summed E-state index contributed by atoms with van der Waals surface area (Å²) in [5.41, 5.74) is 4.39. The predicted octanol–water partition coefficient (Wildman–Crippen LogP) is 3.02. The van der Waals surface area contributed by atoms with E-state index in [4.69, 9.17) is 9.97 Å². The molecule has 3 aliphatic rings. The van der Waals surface area contributed by atoms with Crippen LogP contribution in [0.1, 0.15) is 71.9 Å². The summed E-state index contributed by atoms with van der Waals surface area (Å²) in [6.07, 6.45) is 6.20. The Morgan fingerprint density at radius 2 is 2.11 bits per heavy atom. The number of hydrogen-bond acceptors (Lipinski definition) is 5. The number of anilines is 1. The van der Waals surface area contributed by atoms with Gasteiger partial charge < -0.3 is 9.88 Å². The fraction of sp³-hybridized carbons (Fsp3) is 0.545. The molecule has 28 heavy (non-hydrogen) atoms. The number of aromatic amines is 1. The maximum absolute atomic E-state index is 12.6. The molecule has 0 amide bonds. The van der Waals surface area contributed by atoms with Crippen LogP contribution >= 0.6 is 0 Å². The molecule has 2 aromatic heterocycles. The quantitative estimate of drug-likeness (QED) is 0.872. The Hall–Kier alpha value is -2.68. The van der Waals surface area contributed by atoms with Gasteiger partial charge >= 0.3 is 0 Å². The number of aromatic nitrogens is 3. The molecule has 5 rings (SSSR count). The van der Waals surface area contributed by atoms with Crippen LogP contribution in [0.5, 0.6) is 0 Å². The Labute approximate surface area is 164 Å². The Bertz CT molecular complexity index is 1040. The molecule has 1 spiro atoms. The first kappa shape index (κ1) is 17.4. The van der Waals surface area contributed by atoms with E-state index >= 15 is 0 Å². The van der Waals surface area contributed by atoms with E-state index < -0.39 is 0 Å². The fourth-order valence-electron chi connectivity index (χ4n) is 5.09. The SMILES string of the molecule is Cc1cc(N2CCCC3(CCc4c3nc(C3CC3)[nH]c4=O)C2)nc(C)c1C#N. The van der Waals surface area contributed by atoms with Crippen molar-refractivity contribution in [3.05, 3.63) is 50.3 Å². The summed E-state index contributed by atoms with van der Waals surface area (Å²) in [6, 6.07) is 4.28. The lowest BCUT2D eigenvalue weighted by molar-refractivity contribution is 0.332. The van der Waals surface area contributed by atoms with Crippen LogP contribution < -0.4 is 10.5 Å². The number of H-pyrrole nitrogens is 1. The van der Waals surface area contributed by atoms with Crippen molar-refractivity contribution in [1.29, 1.82) is 5.26 Å². The Kier molecular flexibility index (Phi) is 3.84. The van der Waals surface area contributed by atoms with Crippen molar-refractivity contribution < 1.29 is 0 Å². The van der Waals surface area contributed by atoms with Gasteiger partial charge in [0.15, 0.2) is 0 Å². The monoisotopic (exact) mass is 375 g/mol. The standard InChI is InChI=1S/C22H25N5O/c1-13-10-18(24-14(2)17(13)11-23)27-9-3-7-22(12-27)8-6-16-19(22)25-20(15-4-5-15)26-21(16)28/h10,15H,3-9,12H2,1-2H3,(H,25,26,28). The van der Waals surface area contributed by atoms with E-state index in [-0.39, 0.29) is 11.0 Å². The second kappa shape index (κ2) is 6.16. The van der Waals surface area contributed by atoms with E-state index in [1.54, 1.807) is 0 Å². The summed E-state index contributed by atoms with van der Waals surface area (Å²) < 4.78 is 0. The van der Waals surface area contributed by atoms with Gasteiger partial charge in [-0.15, -0.1) is 0 Å². The molecule has 6 heteroatoms. The van der Waals surface area contributed by atoms with Crippen molar-refractivity contribution in [3.63, 3.8) is 0 Å². The molecular formula is C22H25N5O. The predicted molar refractivity (Wildman–Crippen MR) is 107 cm³/mol. The zero-order valence-electron chi connectivity index (χ0n) is 16.5. The average molecular weight is 375 g/mol. The van der Waals surface area contributed by atoms with Crippen molar-refractivity contribution in [1.82, 2.24) is 15.0 Å². The number of fused-ring (bicyclic) bond motifs is 2. The second-order valence-electron chi connectivity index (χ2n) is 8.73. The van der Waals surface area contributed by atoms with Gasteiger partial charge in [0.1, 0.15) is 17.7 Å². The third-order valence-corrected chi connectivity index (χ3v) is 6.75. The minimum atomic E-state index is -0.0527. The topological polar surface area (TPSA) is 85.7 Å². The van der Waals surface area contributed by atoms with Crippen LogP contribution in [0.15, 0.2) is 10.9 Å². The van der Waals surface area contributed by atoms with Crippen LogP contribution in [0, 0.1) is 25.2 Å². The van der Waals surface area contributed by atoms with Gasteiger partial charge in [0.25, 0.3) is 5.56 Å². The summed E-state index contributed by atoms with van der Waals surface area (Å²) in [5.74, 6) is 2.28. The minimum Gasteiger partial charge on any atom is -0.356 e. The highest BCUT2D eigenvalue weighted by molar-refractivity contribution is 5.51. The first-order valence-electron chi connectivity index (χ1n) is 10.3. The maximum atomic E-state index is 12.6. The van der Waals surface area contributed by atoms with Gasteiger partial charge in [-0.2, -0.15) is 5.26 Å². The number of nitrogens with one attached hydrogen (secondary N) is 1. The average Bonchev–Trinajstić information content (AvgIpc) is 3.47. The van der Waals surface area contributed by atoms with Crippen molar-refractivity contribution >= 4 is 5.82 Å². The van der Waals surface area contributed by atoms with Crippen LogP contribution in [-0.4, -0.2) is 28.0 Å². The van der Waals surface area contributed by atoms with Crippen molar-refractivity contribution in [3.8, 4) is 6.07 Å². The molecule has 1 saturated heterocycles. The largest absolute Gasteiger partial charge is 0.356 e. The summed E-state index contributed by atoms with van der Waals surface area (Å²) >= 11 is 0. The van der Waals surface area contributed by atoms with Crippen LogP contribution in [0.4, 0.5) is 5.82 Å². The second-order valence-corrected chi connectivity index (χ2v) is 8.73. The smallest absolute Gasteiger partial charge is 0.254 e. The summed E-state index contributed by atoms with van der Waals surface area (Å²) in [6.45, 7) is 5.68. The van der Waals surface area contributed by atoms with Crippen molar-refractivity contribution in [2.45, 2.75) is 63.7 Å². The molecule has 1 saturated carbocycles. The normalized spacial score (nSPS) is 23.7. The van der Waals surface area contributed by atoms with E-state index in [0.29, 0.717) is 11.5 Å². The molecule has 6 nitrogen and oxygen atoms in total. The highest BCUT2D eigenvalue weighted by Crippen LogP contribution is 2.45. The third kappa shape index (κ3) is 2.64. The molecule has 144 valence electrons. The summed E-state index contributed by atoms with van der Waals surface area (Å²) in [7, 11) is 0. The fourth-order valence-corrected chi connectivity index (χ4v) is 5.09. The van der Waals surface area contributed by atoms with E-state index in [0.717, 1.165) is 85.8 Å². The molecule has 0 bridgehead atoms. The number of nitrogens with zero attached hydrogens (tertiary/aromatic N) is 4. The molecule has 0 radical (unpaired) electrons. The Morgan fingerprint density at radius 3 is 2.82 bits per heavy atom. The van der Waals surface area contributed by atoms with Crippen molar-refractivity contribution in [2.75, 3.05) is 18.0 Å². The van der Waals surface area contributed by atoms with E-state index in [2.05, 4.69) is 16.0 Å². The first-order chi connectivity index (χ1) is 13.5. The molecule has 1 aliphatic heterocycles. The maximum Gasteiger partial charge on any atom is 0.254 e. The molecule has 1 unspecified atom stereocenters. The van der Waals surface area contributed by atoms with Crippen LogP contribution in [0.25, 0.3) is 0 Å². The summed E-state index contributed by atoms with van der Waals surface area (Å²) in [5, 5.41) is 9.33.